The number of nitrogens with zero attached hydrogens (tertiary/aromatic N) is 3. The van der Waals surface area contributed by atoms with E-state index in [0.717, 1.165) is 54.4 Å². The van der Waals surface area contributed by atoms with Crippen LogP contribution in [0, 0.1) is 25.5 Å². The molecule has 1 fully saturated rings. The molecule has 0 spiro atoms. The van der Waals surface area contributed by atoms with Crippen molar-refractivity contribution in [2.75, 3.05) is 18.4 Å². The fraction of sp³-hybridized carbons (Fsp3) is 0.320. The summed E-state index contributed by atoms with van der Waals surface area (Å²) in [5.41, 5.74) is 3.55. The number of hydrogen-bond donors (Lipinski definition) is 1. The standard InChI is InChI=1S/C25H26F2N4O/c1-16-21(13-24(32)30-23-6-4-3-5-22(23)27)17(2)29-25(28-16)19-11-12-31(15-19)14-18-7-9-20(26)10-8-18/h3-10,19H,11-15H2,1-2H3,(H,30,32). The lowest BCUT2D eigenvalue weighted by molar-refractivity contribution is -0.115. The molecule has 1 aliphatic rings. The van der Waals surface area contributed by atoms with Crippen LogP contribution in [0.4, 0.5) is 14.5 Å². The molecule has 1 amide bonds. The first-order chi connectivity index (χ1) is 15.4. The Morgan fingerprint density at radius 2 is 1.75 bits per heavy atom. The van der Waals surface area contributed by atoms with E-state index in [-0.39, 0.29) is 29.8 Å². The summed E-state index contributed by atoms with van der Waals surface area (Å²) in [5.74, 6) is 0.0142. The highest BCUT2D eigenvalue weighted by atomic mass is 19.1. The molecule has 4 rings (SSSR count). The predicted molar refractivity (Wildman–Crippen MR) is 119 cm³/mol. The van der Waals surface area contributed by atoms with E-state index < -0.39 is 5.82 Å². The van der Waals surface area contributed by atoms with Gasteiger partial charge in [0, 0.05) is 36.0 Å². The maximum atomic E-state index is 13.8. The van der Waals surface area contributed by atoms with Crippen molar-refractivity contribution in [2.45, 2.75) is 39.2 Å². The maximum Gasteiger partial charge on any atom is 0.229 e. The zero-order valence-corrected chi connectivity index (χ0v) is 18.2. The number of nitrogens with one attached hydrogen (secondary N) is 1. The van der Waals surface area contributed by atoms with Crippen LogP contribution >= 0.6 is 0 Å². The van der Waals surface area contributed by atoms with Gasteiger partial charge in [-0.1, -0.05) is 24.3 Å². The van der Waals surface area contributed by atoms with Crippen LogP contribution in [0.3, 0.4) is 0 Å². The number of benzene rings is 2. The van der Waals surface area contributed by atoms with E-state index in [1.807, 2.05) is 26.0 Å². The van der Waals surface area contributed by atoms with Crippen molar-refractivity contribution in [3.05, 3.63) is 88.5 Å². The molecular formula is C25H26F2N4O. The lowest BCUT2D eigenvalue weighted by Crippen LogP contribution is -2.21. The van der Waals surface area contributed by atoms with Gasteiger partial charge in [-0.25, -0.2) is 18.7 Å². The summed E-state index contributed by atoms with van der Waals surface area (Å²) in [5, 5.41) is 2.62. The molecule has 0 radical (unpaired) electrons. The third kappa shape index (κ3) is 5.16. The molecule has 5 nitrogen and oxygen atoms in total. The van der Waals surface area contributed by atoms with E-state index in [2.05, 4.69) is 10.2 Å². The van der Waals surface area contributed by atoms with Crippen molar-refractivity contribution in [3.8, 4) is 0 Å². The average Bonchev–Trinajstić information content (AvgIpc) is 3.22. The first kappa shape index (κ1) is 22.0. The zero-order valence-electron chi connectivity index (χ0n) is 18.2. The molecule has 0 bridgehead atoms. The van der Waals surface area contributed by atoms with Crippen LogP contribution in [0.15, 0.2) is 48.5 Å². The number of para-hydroxylation sites is 1. The molecule has 32 heavy (non-hydrogen) atoms. The van der Waals surface area contributed by atoms with E-state index >= 15 is 0 Å². The first-order valence-electron chi connectivity index (χ1n) is 10.7. The van der Waals surface area contributed by atoms with Crippen molar-refractivity contribution in [3.63, 3.8) is 0 Å². The highest BCUT2D eigenvalue weighted by Crippen LogP contribution is 2.27. The summed E-state index contributed by atoms with van der Waals surface area (Å²) in [7, 11) is 0. The van der Waals surface area contributed by atoms with Crippen LogP contribution in [0.1, 0.15) is 40.7 Å². The van der Waals surface area contributed by atoms with Crippen LogP contribution in [-0.2, 0) is 17.8 Å². The summed E-state index contributed by atoms with van der Waals surface area (Å²) in [6, 6.07) is 12.7. The first-order valence-corrected chi connectivity index (χ1v) is 10.7. The third-order valence-corrected chi connectivity index (χ3v) is 5.88. The number of aromatic nitrogens is 2. The number of hydrogen-bond acceptors (Lipinski definition) is 4. The van der Waals surface area contributed by atoms with Gasteiger partial charge in [-0.05, 0) is 56.6 Å². The van der Waals surface area contributed by atoms with Gasteiger partial charge in [-0.3, -0.25) is 9.69 Å². The van der Waals surface area contributed by atoms with Crippen molar-refractivity contribution in [1.82, 2.24) is 14.9 Å². The lowest BCUT2D eigenvalue weighted by atomic mass is 10.0. The molecule has 2 heterocycles. The molecule has 166 valence electrons. The number of halogens is 2. The van der Waals surface area contributed by atoms with Crippen LogP contribution in [0.5, 0.6) is 0 Å². The van der Waals surface area contributed by atoms with Crippen LogP contribution in [0.25, 0.3) is 0 Å². The number of rotatable bonds is 6. The van der Waals surface area contributed by atoms with E-state index in [4.69, 9.17) is 9.97 Å². The minimum Gasteiger partial charge on any atom is -0.323 e. The van der Waals surface area contributed by atoms with E-state index in [9.17, 15) is 13.6 Å². The SMILES string of the molecule is Cc1nc(C2CCN(Cc3ccc(F)cc3)C2)nc(C)c1CC(=O)Nc1ccccc1F. The second kappa shape index (κ2) is 9.53. The Bertz CT molecular complexity index is 1090. The number of carbonyl (C=O) groups is 1. The Kier molecular flexibility index (Phi) is 6.55. The van der Waals surface area contributed by atoms with Gasteiger partial charge in [0.05, 0.1) is 12.1 Å². The molecule has 3 aromatic rings. The van der Waals surface area contributed by atoms with E-state index in [1.54, 1.807) is 12.1 Å². The molecule has 0 aliphatic carbocycles. The summed E-state index contributed by atoms with van der Waals surface area (Å²) in [6.45, 7) is 6.30. The van der Waals surface area contributed by atoms with Gasteiger partial charge >= 0.3 is 0 Å². The quantitative estimate of drug-likeness (QED) is 0.616. The molecule has 2 aromatic carbocycles. The lowest BCUT2D eigenvalue weighted by Gasteiger charge is -2.17. The zero-order chi connectivity index (χ0) is 22.7. The minimum atomic E-state index is -0.465. The molecule has 1 unspecified atom stereocenters. The van der Waals surface area contributed by atoms with Crippen molar-refractivity contribution in [2.24, 2.45) is 0 Å². The molecule has 1 aromatic heterocycles. The van der Waals surface area contributed by atoms with Gasteiger partial charge in [0.2, 0.25) is 5.91 Å². The minimum absolute atomic E-state index is 0.0909. The smallest absolute Gasteiger partial charge is 0.229 e. The van der Waals surface area contributed by atoms with Gasteiger partial charge < -0.3 is 5.32 Å². The van der Waals surface area contributed by atoms with Gasteiger partial charge in [0.1, 0.15) is 17.5 Å². The molecule has 1 saturated heterocycles. The van der Waals surface area contributed by atoms with E-state index in [0.29, 0.717) is 0 Å². The normalized spacial score (nSPS) is 16.3. The third-order valence-electron chi connectivity index (χ3n) is 5.88. The second-order valence-corrected chi connectivity index (χ2v) is 8.28. The van der Waals surface area contributed by atoms with Crippen LogP contribution < -0.4 is 5.32 Å². The second-order valence-electron chi connectivity index (χ2n) is 8.28. The fourth-order valence-electron chi connectivity index (χ4n) is 4.16. The average molecular weight is 437 g/mol. The Labute approximate surface area is 186 Å². The number of likely N-dealkylation sites (tertiary alicyclic amines) is 1. The number of carbonyl (C=O) groups excluding carboxylic acids is 1. The molecule has 1 aliphatic heterocycles. The van der Waals surface area contributed by atoms with Gasteiger partial charge in [0.25, 0.3) is 0 Å². The molecule has 1 atom stereocenters. The molecular weight excluding hydrogens is 410 g/mol. The molecule has 7 heteroatoms. The van der Waals surface area contributed by atoms with Gasteiger partial charge in [0.15, 0.2) is 0 Å². The predicted octanol–water partition coefficient (Wildman–Crippen LogP) is 4.54. The van der Waals surface area contributed by atoms with Gasteiger partial charge in [-0.15, -0.1) is 0 Å². The maximum absolute atomic E-state index is 13.8. The highest BCUT2D eigenvalue weighted by molar-refractivity contribution is 5.92. The van der Waals surface area contributed by atoms with E-state index in [1.165, 1.54) is 24.3 Å². The number of amides is 1. The topological polar surface area (TPSA) is 58.1 Å². The largest absolute Gasteiger partial charge is 0.323 e. The van der Waals surface area contributed by atoms with Crippen LogP contribution in [-0.4, -0.2) is 33.9 Å². The summed E-state index contributed by atoms with van der Waals surface area (Å²) >= 11 is 0. The summed E-state index contributed by atoms with van der Waals surface area (Å²) in [4.78, 5) is 24.2. The van der Waals surface area contributed by atoms with Crippen molar-refractivity contribution < 1.29 is 13.6 Å². The molecule has 0 saturated carbocycles. The Balaban J connectivity index is 1.40. The fourth-order valence-corrected chi connectivity index (χ4v) is 4.16. The van der Waals surface area contributed by atoms with Crippen molar-refractivity contribution in [1.29, 1.82) is 0 Å². The molecule has 1 N–H and O–H groups in total. The Hall–Kier alpha value is -3.19. The van der Waals surface area contributed by atoms with Crippen molar-refractivity contribution >= 4 is 11.6 Å². The highest BCUT2D eigenvalue weighted by Gasteiger charge is 2.27. The Morgan fingerprint density at radius 1 is 1.06 bits per heavy atom. The number of anilines is 1. The van der Waals surface area contributed by atoms with Gasteiger partial charge in [-0.2, -0.15) is 0 Å². The number of aryl methyl sites for hydroxylation is 2. The Morgan fingerprint density at radius 3 is 2.44 bits per heavy atom. The van der Waals surface area contributed by atoms with Crippen LogP contribution in [0.2, 0.25) is 0 Å². The monoisotopic (exact) mass is 436 g/mol. The summed E-state index contributed by atoms with van der Waals surface area (Å²) < 4.78 is 26.9. The summed E-state index contributed by atoms with van der Waals surface area (Å²) in [6.07, 6.45) is 1.04.